The normalized spacial score (nSPS) is 11.4. The van der Waals surface area contributed by atoms with Crippen molar-refractivity contribution in [1.29, 1.82) is 0 Å². The highest BCUT2D eigenvalue weighted by molar-refractivity contribution is 9.10. The number of carbonyl (C=O) groups excluding carboxylic acids is 1. The number of rotatable bonds is 2. The van der Waals surface area contributed by atoms with E-state index in [1.807, 2.05) is 6.92 Å². The van der Waals surface area contributed by atoms with Crippen molar-refractivity contribution in [2.24, 2.45) is 0 Å². The Morgan fingerprint density at radius 3 is 2.30 bits per heavy atom. The van der Waals surface area contributed by atoms with Gasteiger partial charge in [0.05, 0.1) is 5.56 Å². The fourth-order valence-corrected chi connectivity index (χ4v) is 2.04. The molecular weight excluding hydrogens is 333 g/mol. The molecule has 2 aromatic rings. The lowest BCUT2D eigenvalue weighted by Gasteiger charge is -2.09. The Hall–Kier alpha value is -1.62. The maximum Gasteiger partial charge on any atom is 0.416 e. The minimum Gasteiger partial charge on any atom is -0.289 e. The maximum atomic E-state index is 12.6. The molecule has 0 aromatic heterocycles. The van der Waals surface area contributed by atoms with Gasteiger partial charge in [-0.05, 0) is 42.8 Å². The summed E-state index contributed by atoms with van der Waals surface area (Å²) in [5.41, 5.74) is 0.423. The van der Waals surface area contributed by atoms with Crippen molar-refractivity contribution in [3.8, 4) is 0 Å². The largest absolute Gasteiger partial charge is 0.416 e. The van der Waals surface area contributed by atoms with Crippen LogP contribution in [-0.4, -0.2) is 5.78 Å². The van der Waals surface area contributed by atoms with Gasteiger partial charge in [-0.25, -0.2) is 0 Å². The predicted octanol–water partition coefficient (Wildman–Crippen LogP) is 5.01. The molecule has 0 saturated carbocycles. The van der Waals surface area contributed by atoms with Gasteiger partial charge in [-0.15, -0.1) is 0 Å². The molecule has 0 N–H and O–H groups in total. The highest BCUT2D eigenvalue weighted by atomic mass is 79.9. The van der Waals surface area contributed by atoms with Crippen LogP contribution in [0.25, 0.3) is 0 Å². The average molecular weight is 343 g/mol. The zero-order valence-electron chi connectivity index (χ0n) is 10.5. The van der Waals surface area contributed by atoms with Gasteiger partial charge >= 0.3 is 6.18 Å². The zero-order valence-corrected chi connectivity index (χ0v) is 12.0. The van der Waals surface area contributed by atoms with Crippen LogP contribution < -0.4 is 0 Å². The van der Waals surface area contributed by atoms with E-state index in [0.717, 1.165) is 22.2 Å². The van der Waals surface area contributed by atoms with Crippen LogP contribution >= 0.6 is 15.9 Å². The number of ketones is 1. The highest BCUT2D eigenvalue weighted by Crippen LogP contribution is 2.30. The molecule has 0 heterocycles. The lowest BCUT2D eigenvalue weighted by molar-refractivity contribution is -0.137. The molecule has 2 aromatic carbocycles. The van der Waals surface area contributed by atoms with Gasteiger partial charge in [0.2, 0.25) is 0 Å². The van der Waals surface area contributed by atoms with Gasteiger partial charge in [0, 0.05) is 15.6 Å². The summed E-state index contributed by atoms with van der Waals surface area (Å²) in [5, 5.41) is 0. The summed E-state index contributed by atoms with van der Waals surface area (Å²) in [6.45, 7) is 1.81. The zero-order chi connectivity index (χ0) is 14.9. The highest BCUT2D eigenvalue weighted by Gasteiger charge is 2.30. The van der Waals surface area contributed by atoms with E-state index >= 15 is 0 Å². The number of alkyl halides is 3. The molecule has 2 rings (SSSR count). The number of hydrogen-bond acceptors (Lipinski definition) is 1. The standard InChI is InChI=1S/C15H10BrF3O/c1-9-7-11(5-6-13(9)16)14(20)10-3-2-4-12(8-10)15(17,18)19/h2-8H,1H3. The minimum absolute atomic E-state index is 0.0292. The molecule has 0 radical (unpaired) electrons. The van der Waals surface area contributed by atoms with Gasteiger partial charge in [0.25, 0.3) is 0 Å². The van der Waals surface area contributed by atoms with Crippen LogP contribution in [0.2, 0.25) is 0 Å². The Kier molecular flexibility index (Phi) is 3.99. The van der Waals surface area contributed by atoms with E-state index in [0.29, 0.717) is 5.56 Å². The van der Waals surface area contributed by atoms with Crippen molar-refractivity contribution in [3.63, 3.8) is 0 Å². The first-order chi connectivity index (χ1) is 9.29. The molecule has 0 fully saturated rings. The lowest BCUT2D eigenvalue weighted by Crippen LogP contribution is -2.08. The molecule has 1 nitrogen and oxygen atoms in total. The number of hydrogen-bond donors (Lipinski definition) is 0. The van der Waals surface area contributed by atoms with Gasteiger partial charge < -0.3 is 0 Å². The van der Waals surface area contributed by atoms with Crippen molar-refractivity contribution in [1.82, 2.24) is 0 Å². The summed E-state index contributed by atoms with van der Waals surface area (Å²) in [6, 6.07) is 9.38. The van der Waals surface area contributed by atoms with Crippen molar-refractivity contribution >= 4 is 21.7 Å². The number of carbonyl (C=O) groups is 1. The molecule has 0 spiro atoms. The second-order valence-corrected chi connectivity index (χ2v) is 5.23. The molecule has 0 aliphatic rings. The van der Waals surface area contributed by atoms with Gasteiger partial charge in [0.1, 0.15) is 0 Å². The van der Waals surface area contributed by atoms with E-state index in [1.165, 1.54) is 12.1 Å². The van der Waals surface area contributed by atoms with E-state index in [2.05, 4.69) is 15.9 Å². The van der Waals surface area contributed by atoms with Crippen molar-refractivity contribution in [2.45, 2.75) is 13.1 Å². The van der Waals surface area contributed by atoms with Crippen molar-refractivity contribution in [2.75, 3.05) is 0 Å². The summed E-state index contributed by atoms with van der Waals surface area (Å²) in [5.74, 6) is -0.424. The van der Waals surface area contributed by atoms with Crippen LogP contribution in [0.1, 0.15) is 27.0 Å². The quantitative estimate of drug-likeness (QED) is 0.701. The molecule has 5 heteroatoms. The molecule has 0 aliphatic carbocycles. The third kappa shape index (κ3) is 3.10. The van der Waals surface area contributed by atoms with E-state index in [9.17, 15) is 18.0 Å². The number of halogens is 4. The molecular formula is C15H10BrF3O. The Balaban J connectivity index is 2.41. The molecule has 20 heavy (non-hydrogen) atoms. The van der Waals surface area contributed by atoms with Crippen LogP contribution in [0, 0.1) is 6.92 Å². The fraction of sp³-hybridized carbons (Fsp3) is 0.133. The molecule has 0 aliphatic heterocycles. The second-order valence-electron chi connectivity index (χ2n) is 4.37. The molecule has 0 amide bonds. The topological polar surface area (TPSA) is 17.1 Å². The Morgan fingerprint density at radius 2 is 1.70 bits per heavy atom. The summed E-state index contributed by atoms with van der Waals surface area (Å²) in [7, 11) is 0. The van der Waals surface area contributed by atoms with Gasteiger partial charge in [-0.3, -0.25) is 4.79 Å². The Morgan fingerprint density at radius 1 is 1.05 bits per heavy atom. The summed E-state index contributed by atoms with van der Waals surface area (Å²) in [4.78, 5) is 12.2. The van der Waals surface area contributed by atoms with Gasteiger partial charge in [0.15, 0.2) is 5.78 Å². The van der Waals surface area contributed by atoms with Gasteiger partial charge in [-0.1, -0.05) is 28.1 Å². The third-order valence-corrected chi connectivity index (χ3v) is 3.76. The second kappa shape index (κ2) is 5.40. The maximum absolute atomic E-state index is 12.6. The first-order valence-electron chi connectivity index (χ1n) is 5.77. The fourth-order valence-electron chi connectivity index (χ4n) is 1.79. The smallest absolute Gasteiger partial charge is 0.289 e. The van der Waals surface area contributed by atoms with Crippen LogP contribution in [0.15, 0.2) is 46.9 Å². The van der Waals surface area contributed by atoms with Crippen LogP contribution in [0.3, 0.4) is 0 Å². The van der Waals surface area contributed by atoms with Crippen molar-refractivity contribution < 1.29 is 18.0 Å². The summed E-state index contributed by atoms with van der Waals surface area (Å²) < 4.78 is 38.7. The summed E-state index contributed by atoms with van der Waals surface area (Å²) in [6.07, 6.45) is -4.45. The Bertz CT molecular complexity index is 662. The van der Waals surface area contributed by atoms with Crippen LogP contribution in [0.5, 0.6) is 0 Å². The SMILES string of the molecule is Cc1cc(C(=O)c2cccc(C(F)(F)F)c2)ccc1Br. The number of benzene rings is 2. The molecule has 0 atom stereocenters. The number of aryl methyl sites for hydroxylation is 1. The summed E-state index contributed by atoms with van der Waals surface area (Å²) >= 11 is 3.31. The predicted molar refractivity (Wildman–Crippen MR) is 73.8 cm³/mol. The average Bonchev–Trinajstić information content (AvgIpc) is 2.40. The van der Waals surface area contributed by atoms with E-state index in [1.54, 1.807) is 18.2 Å². The van der Waals surface area contributed by atoms with E-state index in [-0.39, 0.29) is 5.56 Å². The molecule has 0 unspecified atom stereocenters. The minimum atomic E-state index is -4.45. The third-order valence-electron chi connectivity index (χ3n) is 2.87. The Labute approximate surface area is 122 Å². The van der Waals surface area contributed by atoms with Crippen LogP contribution in [0.4, 0.5) is 13.2 Å². The van der Waals surface area contributed by atoms with Crippen LogP contribution in [-0.2, 0) is 6.18 Å². The van der Waals surface area contributed by atoms with E-state index in [4.69, 9.17) is 0 Å². The lowest BCUT2D eigenvalue weighted by atomic mass is 10.00. The monoisotopic (exact) mass is 342 g/mol. The van der Waals surface area contributed by atoms with Crippen molar-refractivity contribution in [3.05, 3.63) is 69.2 Å². The van der Waals surface area contributed by atoms with Gasteiger partial charge in [-0.2, -0.15) is 13.2 Å². The van der Waals surface area contributed by atoms with E-state index < -0.39 is 17.5 Å². The molecule has 104 valence electrons. The molecule has 0 saturated heterocycles. The molecule has 0 bridgehead atoms. The first kappa shape index (κ1) is 14.8. The first-order valence-corrected chi connectivity index (χ1v) is 6.56.